The minimum Gasteiger partial charge on any atom is -0.379 e. The first-order valence-electron chi connectivity index (χ1n) is 7.19. The summed E-state index contributed by atoms with van der Waals surface area (Å²) in [5.74, 6) is 0.576. The first-order valence-corrected chi connectivity index (χ1v) is 7.19. The van der Waals surface area contributed by atoms with Gasteiger partial charge in [-0.2, -0.15) is 0 Å². The van der Waals surface area contributed by atoms with E-state index in [1.165, 1.54) is 5.56 Å². The Morgan fingerprint density at radius 3 is 2.47 bits per heavy atom. The summed E-state index contributed by atoms with van der Waals surface area (Å²) in [6.45, 7) is 10.3. The highest BCUT2D eigenvalue weighted by molar-refractivity contribution is 5.17. The molecule has 0 aliphatic carbocycles. The van der Waals surface area contributed by atoms with Crippen LogP contribution in [-0.4, -0.2) is 32.9 Å². The summed E-state index contributed by atoms with van der Waals surface area (Å²) >= 11 is 0. The van der Waals surface area contributed by atoms with Crippen molar-refractivity contribution in [3.05, 3.63) is 35.9 Å². The van der Waals surface area contributed by atoms with Gasteiger partial charge in [-0.15, -0.1) is 0 Å². The van der Waals surface area contributed by atoms with Gasteiger partial charge in [0.15, 0.2) is 0 Å². The molecule has 0 aliphatic heterocycles. The second-order valence-electron chi connectivity index (χ2n) is 5.05. The van der Waals surface area contributed by atoms with Crippen molar-refractivity contribution in [2.75, 3.05) is 32.9 Å². The second-order valence-corrected chi connectivity index (χ2v) is 5.05. The van der Waals surface area contributed by atoms with Gasteiger partial charge in [-0.1, -0.05) is 51.1 Å². The van der Waals surface area contributed by atoms with Crippen LogP contribution in [0.4, 0.5) is 0 Å². The third-order valence-corrected chi connectivity index (χ3v) is 2.75. The molecule has 1 rings (SSSR count). The van der Waals surface area contributed by atoms with Gasteiger partial charge < -0.3 is 14.8 Å². The van der Waals surface area contributed by atoms with Gasteiger partial charge in [0.1, 0.15) is 0 Å². The monoisotopic (exact) mass is 265 g/mol. The van der Waals surface area contributed by atoms with Crippen LogP contribution < -0.4 is 5.32 Å². The lowest BCUT2D eigenvalue weighted by Gasteiger charge is -2.19. The molecule has 0 saturated carbocycles. The van der Waals surface area contributed by atoms with Crippen LogP contribution in [0.3, 0.4) is 0 Å². The zero-order valence-electron chi connectivity index (χ0n) is 12.4. The lowest BCUT2D eigenvalue weighted by Crippen LogP contribution is -2.24. The summed E-state index contributed by atoms with van der Waals surface area (Å²) < 4.78 is 11.5. The fourth-order valence-corrected chi connectivity index (χ4v) is 1.78. The molecule has 0 saturated heterocycles. The quantitative estimate of drug-likeness (QED) is 0.660. The van der Waals surface area contributed by atoms with Gasteiger partial charge >= 0.3 is 0 Å². The molecular formula is C16H27NO2. The maximum Gasteiger partial charge on any atom is 0.0950 e. The minimum absolute atomic E-state index is 0.101. The molecule has 0 aliphatic rings. The number of ether oxygens (including phenoxy) is 2. The first kappa shape index (κ1) is 16.2. The van der Waals surface area contributed by atoms with Crippen LogP contribution in [-0.2, 0) is 9.47 Å². The molecule has 3 heteroatoms. The Hall–Kier alpha value is -0.900. The minimum atomic E-state index is 0.101. The van der Waals surface area contributed by atoms with E-state index in [2.05, 4.69) is 38.2 Å². The lowest BCUT2D eigenvalue weighted by molar-refractivity contribution is -0.00112. The van der Waals surface area contributed by atoms with Crippen LogP contribution in [0, 0.1) is 5.92 Å². The molecule has 1 atom stereocenters. The third kappa shape index (κ3) is 7.31. The molecule has 1 unspecified atom stereocenters. The van der Waals surface area contributed by atoms with Crippen molar-refractivity contribution in [3.8, 4) is 0 Å². The molecule has 108 valence electrons. The van der Waals surface area contributed by atoms with Crippen molar-refractivity contribution in [1.29, 1.82) is 0 Å². The van der Waals surface area contributed by atoms with Crippen LogP contribution in [0.2, 0.25) is 0 Å². The molecule has 3 nitrogen and oxygen atoms in total. The zero-order chi connectivity index (χ0) is 13.9. The maximum absolute atomic E-state index is 5.92. The van der Waals surface area contributed by atoms with Gasteiger partial charge in [0, 0.05) is 13.2 Å². The number of likely N-dealkylation sites (N-methyl/N-ethyl adjacent to an activating group) is 1. The van der Waals surface area contributed by atoms with E-state index in [0.717, 1.165) is 19.7 Å². The Labute approximate surface area is 117 Å². The van der Waals surface area contributed by atoms with Gasteiger partial charge in [-0.25, -0.2) is 0 Å². The summed E-state index contributed by atoms with van der Waals surface area (Å²) in [6.07, 6.45) is 0.101. The smallest absolute Gasteiger partial charge is 0.0950 e. The average Bonchev–Trinajstić information content (AvgIpc) is 2.42. The topological polar surface area (TPSA) is 30.5 Å². The Bertz CT molecular complexity index is 314. The van der Waals surface area contributed by atoms with Crippen LogP contribution in [0.1, 0.15) is 32.4 Å². The van der Waals surface area contributed by atoms with E-state index in [9.17, 15) is 0 Å². The second kappa shape index (κ2) is 9.96. The van der Waals surface area contributed by atoms with Gasteiger partial charge in [0.2, 0.25) is 0 Å². The molecule has 1 aromatic carbocycles. The normalized spacial score (nSPS) is 12.8. The zero-order valence-corrected chi connectivity index (χ0v) is 12.4. The fraction of sp³-hybridized carbons (Fsp3) is 0.625. The molecule has 0 spiro atoms. The van der Waals surface area contributed by atoms with Crippen LogP contribution in [0.15, 0.2) is 30.3 Å². The molecule has 1 N–H and O–H groups in total. The largest absolute Gasteiger partial charge is 0.379 e. The van der Waals surface area contributed by atoms with Crippen molar-refractivity contribution in [1.82, 2.24) is 5.32 Å². The van der Waals surface area contributed by atoms with Crippen molar-refractivity contribution in [2.24, 2.45) is 5.92 Å². The van der Waals surface area contributed by atoms with E-state index in [-0.39, 0.29) is 6.10 Å². The van der Waals surface area contributed by atoms with E-state index in [1.807, 2.05) is 18.2 Å². The van der Waals surface area contributed by atoms with Gasteiger partial charge in [-0.3, -0.25) is 0 Å². The summed E-state index contributed by atoms with van der Waals surface area (Å²) in [7, 11) is 0. The van der Waals surface area contributed by atoms with Crippen molar-refractivity contribution in [3.63, 3.8) is 0 Å². The van der Waals surface area contributed by atoms with Gasteiger partial charge in [-0.05, 0) is 18.0 Å². The highest BCUT2D eigenvalue weighted by Gasteiger charge is 2.10. The van der Waals surface area contributed by atoms with Gasteiger partial charge in [0.25, 0.3) is 0 Å². The molecular weight excluding hydrogens is 238 g/mol. The lowest BCUT2D eigenvalue weighted by atomic mass is 10.1. The molecule has 0 heterocycles. The van der Waals surface area contributed by atoms with Gasteiger partial charge in [0.05, 0.1) is 19.3 Å². The molecule has 0 amide bonds. The van der Waals surface area contributed by atoms with E-state index < -0.39 is 0 Å². The van der Waals surface area contributed by atoms with Crippen molar-refractivity contribution in [2.45, 2.75) is 26.9 Å². The number of benzene rings is 1. The Morgan fingerprint density at radius 1 is 1.11 bits per heavy atom. The van der Waals surface area contributed by atoms with Crippen molar-refractivity contribution < 1.29 is 9.47 Å². The predicted molar refractivity (Wildman–Crippen MR) is 79.3 cm³/mol. The third-order valence-electron chi connectivity index (χ3n) is 2.75. The van der Waals surface area contributed by atoms with Crippen LogP contribution >= 0.6 is 0 Å². The predicted octanol–water partition coefficient (Wildman–Crippen LogP) is 3.03. The maximum atomic E-state index is 5.92. The average molecular weight is 265 g/mol. The first-order chi connectivity index (χ1) is 9.24. The number of nitrogens with one attached hydrogen (secondary N) is 1. The number of hydrogen-bond acceptors (Lipinski definition) is 3. The summed E-state index contributed by atoms with van der Waals surface area (Å²) in [4.78, 5) is 0. The van der Waals surface area contributed by atoms with Crippen LogP contribution in [0.5, 0.6) is 0 Å². The SMILES string of the molecule is CCNCC(OCCOCC(C)C)c1ccccc1. The molecule has 19 heavy (non-hydrogen) atoms. The molecule has 0 aromatic heterocycles. The molecule has 0 fully saturated rings. The fourth-order valence-electron chi connectivity index (χ4n) is 1.78. The van der Waals surface area contributed by atoms with E-state index in [4.69, 9.17) is 9.47 Å². The highest BCUT2D eigenvalue weighted by Crippen LogP contribution is 2.15. The Morgan fingerprint density at radius 2 is 1.84 bits per heavy atom. The van der Waals surface area contributed by atoms with E-state index in [1.54, 1.807) is 0 Å². The summed E-state index contributed by atoms with van der Waals surface area (Å²) in [6, 6.07) is 10.3. The molecule has 0 bridgehead atoms. The standard InChI is InChI=1S/C16H27NO2/c1-4-17-12-16(15-8-6-5-7-9-15)19-11-10-18-13-14(2)3/h5-9,14,16-17H,4,10-13H2,1-3H3. The van der Waals surface area contributed by atoms with E-state index in [0.29, 0.717) is 19.1 Å². The Balaban J connectivity index is 2.34. The van der Waals surface area contributed by atoms with Crippen molar-refractivity contribution >= 4 is 0 Å². The van der Waals surface area contributed by atoms with E-state index >= 15 is 0 Å². The number of hydrogen-bond donors (Lipinski definition) is 1. The van der Waals surface area contributed by atoms with Crippen LogP contribution in [0.25, 0.3) is 0 Å². The molecule has 0 radical (unpaired) electrons. The molecule has 1 aromatic rings. The Kier molecular flexibility index (Phi) is 8.47. The number of rotatable bonds is 10. The summed E-state index contributed by atoms with van der Waals surface area (Å²) in [5.41, 5.74) is 1.22. The summed E-state index contributed by atoms with van der Waals surface area (Å²) in [5, 5.41) is 3.34. The highest BCUT2D eigenvalue weighted by atomic mass is 16.5.